The third-order valence-electron chi connectivity index (χ3n) is 4.34. The maximum atomic E-state index is 3.73. The van der Waals surface area contributed by atoms with Gasteiger partial charge in [-0.05, 0) is 83.8 Å². The Hall–Kier alpha value is -0.0900. The van der Waals surface area contributed by atoms with Gasteiger partial charge in [0, 0.05) is 9.61 Å². The number of halogens is 1. The van der Waals surface area contributed by atoms with Gasteiger partial charge in [0.15, 0.2) is 0 Å². The maximum absolute atomic E-state index is 3.73. The Balaban J connectivity index is 2.16. The second kappa shape index (κ2) is 7.07. The Kier molecular flexibility index (Phi) is 5.70. The Morgan fingerprint density at radius 2 is 1.68 bits per heavy atom. The smallest absolute Gasteiger partial charge is 0.0348 e. The van der Waals surface area contributed by atoms with E-state index >= 15 is 0 Å². The largest absolute Gasteiger partial charge is 0.310 e. The first-order valence-electron chi connectivity index (χ1n) is 7.59. The van der Waals surface area contributed by atoms with Crippen molar-refractivity contribution in [3.63, 3.8) is 0 Å². The van der Waals surface area contributed by atoms with Crippen molar-refractivity contribution in [2.24, 2.45) is 17.8 Å². The molecule has 1 aromatic carbocycles. The van der Waals surface area contributed by atoms with Gasteiger partial charge in [0.2, 0.25) is 0 Å². The average molecular weight is 371 g/mol. The van der Waals surface area contributed by atoms with E-state index in [0.717, 1.165) is 24.3 Å². The Labute approximate surface area is 131 Å². The van der Waals surface area contributed by atoms with Gasteiger partial charge in [0.05, 0.1) is 0 Å². The van der Waals surface area contributed by atoms with Gasteiger partial charge < -0.3 is 5.32 Å². The highest BCUT2D eigenvalue weighted by atomic mass is 127. The zero-order valence-corrected chi connectivity index (χ0v) is 14.5. The normalized spacial score (nSPS) is 29.2. The lowest BCUT2D eigenvalue weighted by molar-refractivity contribution is 0.177. The Morgan fingerprint density at radius 3 is 2.21 bits per heavy atom. The van der Waals surface area contributed by atoms with E-state index in [0.29, 0.717) is 6.04 Å². The lowest BCUT2D eigenvalue weighted by atomic mass is 9.72. The van der Waals surface area contributed by atoms with Crippen molar-refractivity contribution < 1.29 is 0 Å². The molecule has 0 aromatic heterocycles. The van der Waals surface area contributed by atoms with Crippen molar-refractivity contribution in [2.45, 2.75) is 46.1 Å². The summed E-state index contributed by atoms with van der Waals surface area (Å²) in [6.07, 6.45) is 4.14. The van der Waals surface area contributed by atoms with Gasteiger partial charge in [-0.2, -0.15) is 0 Å². The van der Waals surface area contributed by atoms with Crippen molar-refractivity contribution in [1.29, 1.82) is 0 Å². The number of nitrogens with one attached hydrogen (secondary N) is 1. The van der Waals surface area contributed by atoms with E-state index in [-0.39, 0.29) is 0 Å². The molecule has 3 unspecified atom stereocenters. The zero-order chi connectivity index (χ0) is 13.8. The quantitative estimate of drug-likeness (QED) is 0.734. The minimum absolute atomic E-state index is 0.534. The van der Waals surface area contributed by atoms with Crippen LogP contribution in [0.1, 0.15) is 51.6 Å². The second-order valence-corrected chi connectivity index (χ2v) is 7.51. The van der Waals surface area contributed by atoms with Gasteiger partial charge >= 0.3 is 0 Å². The molecule has 0 radical (unpaired) electrons. The van der Waals surface area contributed by atoms with E-state index in [2.05, 4.69) is 72.9 Å². The second-order valence-electron chi connectivity index (χ2n) is 6.26. The lowest BCUT2D eigenvalue weighted by Gasteiger charge is -2.37. The molecule has 0 amide bonds. The molecule has 1 N–H and O–H groups in total. The van der Waals surface area contributed by atoms with Crippen molar-refractivity contribution in [2.75, 3.05) is 6.54 Å². The van der Waals surface area contributed by atoms with Gasteiger partial charge in [-0.25, -0.2) is 0 Å². The molecule has 19 heavy (non-hydrogen) atoms. The van der Waals surface area contributed by atoms with Crippen LogP contribution in [0.15, 0.2) is 24.3 Å². The number of hydrogen-bond acceptors (Lipinski definition) is 1. The molecule has 0 aliphatic heterocycles. The summed E-state index contributed by atoms with van der Waals surface area (Å²) in [6.45, 7) is 8.10. The van der Waals surface area contributed by atoms with Crippen LogP contribution in [0.5, 0.6) is 0 Å². The van der Waals surface area contributed by atoms with Crippen LogP contribution in [0.3, 0.4) is 0 Å². The van der Waals surface area contributed by atoms with Gasteiger partial charge in [0.1, 0.15) is 0 Å². The van der Waals surface area contributed by atoms with Gasteiger partial charge in [-0.1, -0.05) is 32.9 Å². The molecular weight excluding hydrogens is 345 g/mol. The van der Waals surface area contributed by atoms with Crippen LogP contribution in [-0.4, -0.2) is 6.54 Å². The van der Waals surface area contributed by atoms with E-state index in [9.17, 15) is 0 Å². The molecule has 0 heterocycles. The standard InChI is InChI=1S/C17H26IN/c1-4-19-17(14-5-7-16(18)8-6-14)15-10-12(2)9-13(3)11-15/h5-8,12-13,15,17,19H,4,9-11H2,1-3H3. The SMILES string of the molecule is CCNC(c1ccc(I)cc1)C1CC(C)CC(C)C1. The third-order valence-corrected chi connectivity index (χ3v) is 5.06. The van der Waals surface area contributed by atoms with Crippen LogP contribution in [0.4, 0.5) is 0 Å². The minimum atomic E-state index is 0.534. The highest BCUT2D eigenvalue weighted by Gasteiger charge is 2.30. The maximum Gasteiger partial charge on any atom is 0.0348 e. The summed E-state index contributed by atoms with van der Waals surface area (Å²) in [5.74, 6) is 2.54. The topological polar surface area (TPSA) is 12.0 Å². The Morgan fingerprint density at radius 1 is 1.11 bits per heavy atom. The molecule has 0 bridgehead atoms. The summed E-state index contributed by atoms with van der Waals surface area (Å²) in [7, 11) is 0. The summed E-state index contributed by atoms with van der Waals surface area (Å²) in [5, 5.41) is 3.73. The first kappa shape index (κ1) is 15.3. The first-order chi connectivity index (χ1) is 9.10. The molecule has 1 aliphatic carbocycles. The van der Waals surface area contributed by atoms with E-state index in [4.69, 9.17) is 0 Å². The average Bonchev–Trinajstić information content (AvgIpc) is 2.36. The monoisotopic (exact) mass is 371 g/mol. The van der Waals surface area contributed by atoms with Crippen LogP contribution in [0.2, 0.25) is 0 Å². The van der Waals surface area contributed by atoms with Gasteiger partial charge in [-0.3, -0.25) is 0 Å². The summed E-state index contributed by atoms with van der Waals surface area (Å²) < 4.78 is 1.32. The van der Waals surface area contributed by atoms with E-state index in [1.54, 1.807) is 0 Å². The van der Waals surface area contributed by atoms with Crippen LogP contribution in [0.25, 0.3) is 0 Å². The van der Waals surface area contributed by atoms with Crippen LogP contribution in [0, 0.1) is 21.3 Å². The highest BCUT2D eigenvalue weighted by molar-refractivity contribution is 14.1. The van der Waals surface area contributed by atoms with Gasteiger partial charge in [-0.15, -0.1) is 0 Å². The fourth-order valence-corrected chi connectivity index (χ4v) is 4.09. The summed E-state index contributed by atoms with van der Waals surface area (Å²) in [6, 6.07) is 9.61. The molecule has 2 heteroatoms. The summed E-state index contributed by atoms with van der Waals surface area (Å²) in [5.41, 5.74) is 1.47. The first-order valence-corrected chi connectivity index (χ1v) is 8.66. The fraction of sp³-hybridized carbons (Fsp3) is 0.647. The highest BCUT2D eigenvalue weighted by Crippen LogP contribution is 2.39. The molecule has 0 saturated heterocycles. The minimum Gasteiger partial charge on any atom is -0.310 e. The Bertz CT molecular complexity index is 377. The van der Waals surface area contributed by atoms with Crippen LogP contribution in [-0.2, 0) is 0 Å². The summed E-state index contributed by atoms with van der Waals surface area (Å²) >= 11 is 2.38. The lowest BCUT2D eigenvalue weighted by Crippen LogP contribution is -2.33. The van der Waals surface area contributed by atoms with Gasteiger partial charge in [0.25, 0.3) is 0 Å². The molecule has 1 aliphatic rings. The fourth-order valence-electron chi connectivity index (χ4n) is 3.73. The molecule has 106 valence electrons. The van der Waals surface area contributed by atoms with E-state index in [1.165, 1.54) is 28.4 Å². The van der Waals surface area contributed by atoms with Crippen LogP contribution < -0.4 is 5.32 Å². The number of rotatable bonds is 4. The van der Waals surface area contributed by atoms with Crippen LogP contribution >= 0.6 is 22.6 Å². The van der Waals surface area contributed by atoms with Crippen molar-refractivity contribution in [3.05, 3.63) is 33.4 Å². The van der Waals surface area contributed by atoms with E-state index < -0.39 is 0 Å². The third kappa shape index (κ3) is 4.19. The van der Waals surface area contributed by atoms with Crippen molar-refractivity contribution in [3.8, 4) is 0 Å². The van der Waals surface area contributed by atoms with E-state index in [1.807, 2.05) is 0 Å². The molecule has 0 spiro atoms. The molecule has 1 nitrogen and oxygen atoms in total. The summed E-state index contributed by atoms with van der Waals surface area (Å²) in [4.78, 5) is 0. The van der Waals surface area contributed by atoms with Crippen molar-refractivity contribution in [1.82, 2.24) is 5.32 Å². The molecule has 1 fully saturated rings. The predicted molar refractivity (Wildman–Crippen MR) is 91.2 cm³/mol. The predicted octanol–water partition coefficient (Wildman–Crippen LogP) is 5.01. The molecule has 3 atom stereocenters. The molecular formula is C17H26IN. The number of benzene rings is 1. The number of hydrogen-bond donors (Lipinski definition) is 1. The zero-order valence-electron chi connectivity index (χ0n) is 12.3. The molecule has 1 saturated carbocycles. The molecule has 2 rings (SSSR count). The van der Waals surface area contributed by atoms with Crippen molar-refractivity contribution >= 4 is 22.6 Å². The molecule has 1 aromatic rings.